The van der Waals surface area contributed by atoms with Crippen LogP contribution in [-0.2, 0) is 6.54 Å². The van der Waals surface area contributed by atoms with Crippen molar-refractivity contribution in [3.63, 3.8) is 0 Å². The number of aromatic nitrogens is 1. The molecule has 28 heavy (non-hydrogen) atoms. The van der Waals surface area contributed by atoms with Crippen LogP contribution in [0.1, 0.15) is 31.0 Å². The van der Waals surface area contributed by atoms with Gasteiger partial charge in [-0.1, -0.05) is 12.1 Å². The molecule has 148 valence electrons. The van der Waals surface area contributed by atoms with Gasteiger partial charge in [0.05, 0.1) is 20.3 Å². The quantitative estimate of drug-likeness (QED) is 0.634. The first kappa shape index (κ1) is 19.6. The van der Waals surface area contributed by atoms with Crippen molar-refractivity contribution < 1.29 is 14.3 Å². The summed E-state index contributed by atoms with van der Waals surface area (Å²) in [6, 6.07) is 13.7. The number of benzene rings is 2. The molecule has 0 aliphatic heterocycles. The molecule has 6 heteroatoms. The van der Waals surface area contributed by atoms with Crippen molar-refractivity contribution in [1.29, 1.82) is 0 Å². The molecular formula is C22H27N3O3. The van der Waals surface area contributed by atoms with Gasteiger partial charge in [0.1, 0.15) is 0 Å². The van der Waals surface area contributed by atoms with E-state index in [4.69, 9.17) is 9.47 Å². The van der Waals surface area contributed by atoms with E-state index in [0.717, 1.165) is 22.0 Å². The summed E-state index contributed by atoms with van der Waals surface area (Å²) in [6.07, 6.45) is 1.92. The van der Waals surface area contributed by atoms with Gasteiger partial charge in [-0.05, 0) is 60.7 Å². The Morgan fingerprint density at radius 1 is 1.11 bits per heavy atom. The van der Waals surface area contributed by atoms with Crippen LogP contribution in [0.5, 0.6) is 11.5 Å². The number of H-pyrrole nitrogens is 1. The number of rotatable bonds is 7. The maximum Gasteiger partial charge on any atom is 0.318 e. The summed E-state index contributed by atoms with van der Waals surface area (Å²) < 4.78 is 10.6. The van der Waals surface area contributed by atoms with Crippen LogP contribution in [0.4, 0.5) is 4.79 Å². The molecule has 2 amide bonds. The predicted octanol–water partition coefficient (Wildman–Crippen LogP) is 4.48. The van der Waals surface area contributed by atoms with Crippen molar-refractivity contribution in [3.05, 3.63) is 59.8 Å². The third kappa shape index (κ3) is 4.22. The molecule has 1 aromatic heterocycles. The molecule has 2 aromatic carbocycles. The van der Waals surface area contributed by atoms with E-state index < -0.39 is 0 Å². The Labute approximate surface area is 165 Å². The summed E-state index contributed by atoms with van der Waals surface area (Å²) in [6.45, 7) is 5.12. The second kappa shape index (κ2) is 8.69. The van der Waals surface area contributed by atoms with Gasteiger partial charge in [-0.2, -0.15) is 0 Å². The van der Waals surface area contributed by atoms with Gasteiger partial charge in [0.2, 0.25) is 0 Å². The minimum atomic E-state index is -0.159. The molecule has 0 aliphatic carbocycles. The summed E-state index contributed by atoms with van der Waals surface area (Å²) in [7, 11) is 3.21. The summed E-state index contributed by atoms with van der Waals surface area (Å²) in [5, 5.41) is 4.22. The Bertz CT molecular complexity index is 951. The maximum absolute atomic E-state index is 12.8. The van der Waals surface area contributed by atoms with Gasteiger partial charge in [0.15, 0.2) is 11.5 Å². The molecule has 6 nitrogen and oxygen atoms in total. The second-order valence-electron chi connectivity index (χ2n) is 6.70. The molecule has 0 bridgehead atoms. The second-order valence-corrected chi connectivity index (χ2v) is 6.70. The first-order chi connectivity index (χ1) is 13.5. The molecule has 1 atom stereocenters. The number of nitrogens with one attached hydrogen (secondary N) is 2. The number of nitrogens with zero attached hydrogens (tertiary/aromatic N) is 1. The zero-order chi connectivity index (χ0) is 20.1. The van der Waals surface area contributed by atoms with Crippen LogP contribution in [-0.4, -0.2) is 36.7 Å². The van der Waals surface area contributed by atoms with Gasteiger partial charge < -0.3 is 24.7 Å². The third-order valence-electron chi connectivity index (χ3n) is 4.91. The Morgan fingerprint density at radius 2 is 1.89 bits per heavy atom. The Balaban J connectivity index is 1.69. The first-order valence-corrected chi connectivity index (χ1v) is 9.39. The Hall–Kier alpha value is -3.15. The number of methoxy groups -OCH3 is 2. The van der Waals surface area contributed by atoms with E-state index in [0.29, 0.717) is 24.6 Å². The third-order valence-corrected chi connectivity index (χ3v) is 4.91. The molecule has 3 aromatic rings. The molecule has 0 spiro atoms. The van der Waals surface area contributed by atoms with Gasteiger partial charge in [-0.15, -0.1) is 0 Å². The molecule has 0 fully saturated rings. The summed E-state index contributed by atoms with van der Waals surface area (Å²) >= 11 is 0. The lowest BCUT2D eigenvalue weighted by atomic mass is 10.1. The number of hydrogen-bond acceptors (Lipinski definition) is 3. The highest BCUT2D eigenvalue weighted by atomic mass is 16.5. The highest BCUT2D eigenvalue weighted by Crippen LogP contribution is 2.30. The lowest BCUT2D eigenvalue weighted by Gasteiger charge is -2.24. The molecule has 0 saturated carbocycles. The highest BCUT2D eigenvalue weighted by molar-refractivity contribution is 5.80. The molecular weight excluding hydrogens is 354 g/mol. The number of urea groups is 1. The van der Waals surface area contributed by atoms with Crippen LogP contribution < -0.4 is 14.8 Å². The minimum absolute atomic E-state index is 0.0982. The molecule has 0 aliphatic rings. The van der Waals surface area contributed by atoms with E-state index in [2.05, 4.69) is 16.4 Å². The number of aromatic amines is 1. The Morgan fingerprint density at radius 3 is 2.61 bits per heavy atom. The zero-order valence-electron chi connectivity index (χ0n) is 16.8. The van der Waals surface area contributed by atoms with Crippen LogP contribution in [0.25, 0.3) is 10.9 Å². The van der Waals surface area contributed by atoms with Gasteiger partial charge in [-0.25, -0.2) is 4.79 Å². The standard InChI is InChI=1S/C22H27N3O3/c1-5-25(14-16-6-8-19-18(12-16)10-11-23-19)22(26)24-15(2)17-7-9-20(27-3)21(13-17)28-4/h6-13,15,23H,5,14H2,1-4H3,(H,24,26). The predicted molar refractivity (Wildman–Crippen MR) is 111 cm³/mol. The molecule has 0 radical (unpaired) electrons. The van der Waals surface area contributed by atoms with Crippen LogP contribution in [0, 0.1) is 0 Å². The highest BCUT2D eigenvalue weighted by Gasteiger charge is 2.17. The largest absolute Gasteiger partial charge is 0.493 e. The zero-order valence-corrected chi connectivity index (χ0v) is 16.8. The maximum atomic E-state index is 12.8. The summed E-state index contributed by atoms with van der Waals surface area (Å²) in [5.41, 5.74) is 3.15. The van der Waals surface area contributed by atoms with E-state index in [1.807, 2.05) is 56.4 Å². The monoisotopic (exact) mass is 381 g/mol. The Kier molecular flexibility index (Phi) is 6.09. The van der Waals surface area contributed by atoms with Crippen molar-refractivity contribution in [2.24, 2.45) is 0 Å². The summed E-state index contributed by atoms with van der Waals surface area (Å²) in [4.78, 5) is 17.8. The van der Waals surface area contributed by atoms with Crippen LogP contribution >= 0.6 is 0 Å². The van der Waals surface area contributed by atoms with Crippen molar-refractivity contribution in [2.45, 2.75) is 26.4 Å². The van der Waals surface area contributed by atoms with Crippen LogP contribution in [0.3, 0.4) is 0 Å². The van der Waals surface area contributed by atoms with Crippen LogP contribution in [0.15, 0.2) is 48.7 Å². The van der Waals surface area contributed by atoms with Crippen molar-refractivity contribution in [3.8, 4) is 11.5 Å². The fourth-order valence-electron chi connectivity index (χ4n) is 3.23. The fourth-order valence-corrected chi connectivity index (χ4v) is 3.23. The number of fused-ring (bicyclic) bond motifs is 1. The topological polar surface area (TPSA) is 66.6 Å². The normalized spacial score (nSPS) is 11.9. The molecule has 3 rings (SSSR count). The fraction of sp³-hybridized carbons (Fsp3) is 0.318. The average molecular weight is 381 g/mol. The number of carbonyl (C=O) groups excluding carboxylic acids is 1. The lowest BCUT2D eigenvalue weighted by molar-refractivity contribution is 0.195. The van der Waals surface area contributed by atoms with E-state index in [1.165, 1.54) is 0 Å². The SMILES string of the molecule is CCN(Cc1ccc2[nH]ccc2c1)C(=O)NC(C)c1ccc(OC)c(OC)c1. The average Bonchev–Trinajstić information content (AvgIpc) is 3.19. The van der Waals surface area contributed by atoms with Crippen molar-refractivity contribution >= 4 is 16.9 Å². The van der Waals surface area contributed by atoms with Gasteiger partial charge in [-0.3, -0.25) is 0 Å². The van der Waals surface area contributed by atoms with Gasteiger partial charge in [0, 0.05) is 24.8 Å². The number of amides is 2. The van der Waals surface area contributed by atoms with Gasteiger partial charge >= 0.3 is 6.03 Å². The molecule has 1 unspecified atom stereocenters. The number of carbonyl (C=O) groups is 1. The van der Waals surface area contributed by atoms with E-state index in [-0.39, 0.29) is 12.1 Å². The van der Waals surface area contributed by atoms with Crippen molar-refractivity contribution in [1.82, 2.24) is 15.2 Å². The minimum Gasteiger partial charge on any atom is -0.493 e. The van der Waals surface area contributed by atoms with Crippen LogP contribution in [0.2, 0.25) is 0 Å². The van der Waals surface area contributed by atoms with Gasteiger partial charge in [0.25, 0.3) is 0 Å². The number of hydrogen-bond donors (Lipinski definition) is 2. The molecule has 0 saturated heterocycles. The number of ether oxygens (including phenoxy) is 2. The van der Waals surface area contributed by atoms with Crippen molar-refractivity contribution in [2.75, 3.05) is 20.8 Å². The first-order valence-electron chi connectivity index (χ1n) is 9.39. The van der Waals surface area contributed by atoms with E-state index in [1.54, 1.807) is 19.1 Å². The lowest BCUT2D eigenvalue weighted by Crippen LogP contribution is -2.40. The smallest absolute Gasteiger partial charge is 0.318 e. The molecule has 1 heterocycles. The van der Waals surface area contributed by atoms with E-state index in [9.17, 15) is 4.79 Å². The molecule has 2 N–H and O–H groups in total. The summed E-state index contributed by atoms with van der Waals surface area (Å²) in [5.74, 6) is 1.31. The van der Waals surface area contributed by atoms with E-state index >= 15 is 0 Å².